The number of hydrogen-bond acceptors (Lipinski definition) is 2. The lowest BCUT2D eigenvalue weighted by Gasteiger charge is -2.05. The summed E-state index contributed by atoms with van der Waals surface area (Å²) in [6.07, 6.45) is 25.1. The van der Waals surface area contributed by atoms with Gasteiger partial charge >= 0.3 is 5.97 Å². The highest BCUT2D eigenvalue weighted by molar-refractivity contribution is 5.69. The Morgan fingerprint density at radius 3 is 2.00 bits per heavy atom. The monoisotopic (exact) mass is 366 g/mol. The van der Waals surface area contributed by atoms with Crippen LogP contribution in [0.4, 0.5) is 0 Å². The fraction of sp³-hybridized carbons (Fsp3) is 0.875. The second-order valence-corrected chi connectivity index (χ2v) is 7.78. The zero-order valence-corrected chi connectivity index (χ0v) is 18.1. The highest BCUT2D eigenvalue weighted by Gasteiger charge is 2.00. The topological polar surface area (TPSA) is 26.3 Å². The summed E-state index contributed by atoms with van der Waals surface area (Å²) in [6.45, 7) is 7.00. The lowest BCUT2D eigenvalue weighted by molar-refractivity contribution is -0.143. The summed E-state index contributed by atoms with van der Waals surface area (Å²) < 4.78 is 4.94. The quantitative estimate of drug-likeness (QED) is 0.131. The van der Waals surface area contributed by atoms with Gasteiger partial charge in [-0.3, -0.25) is 4.79 Å². The van der Waals surface area contributed by atoms with Crippen LogP contribution in [-0.2, 0) is 9.53 Å². The Hall–Kier alpha value is -0.790. The molecular weight excluding hydrogens is 320 g/mol. The van der Waals surface area contributed by atoms with Gasteiger partial charge in [-0.15, -0.1) is 0 Å². The molecule has 0 rings (SSSR count). The number of carbonyl (C=O) groups excluding carboxylic acids is 1. The Morgan fingerprint density at radius 2 is 1.38 bits per heavy atom. The second kappa shape index (κ2) is 20.5. The zero-order chi connectivity index (χ0) is 19.3. The molecule has 0 fully saturated rings. The maximum Gasteiger partial charge on any atom is 0.305 e. The van der Waals surface area contributed by atoms with Crippen molar-refractivity contribution in [3.05, 3.63) is 12.2 Å². The van der Waals surface area contributed by atoms with E-state index in [-0.39, 0.29) is 5.97 Å². The van der Waals surface area contributed by atoms with Crippen LogP contribution in [0.1, 0.15) is 124 Å². The maximum absolute atomic E-state index is 11.2. The fourth-order valence-electron chi connectivity index (χ4n) is 3.32. The van der Waals surface area contributed by atoms with E-state index >= 15 is 0 Å². The first-order valence-electron chi connectivity index (χ1n) is 11.5. The third-order valence-electron chi connectivity index (χ3n) is 5.03. The molecular formula is C24H46O2. The Labute approximate surface area is 164 Å². The molecule has 0 aliphatic heterocycles. The van der Waals surface area contributed by atoms with Crippen LogP contribution in [0.2, 0.25) is 0 Å². The molecule has 0 N–H and O–H groups in total. The normalized spacial score (nSPS) is 12.6. The van der Waals surface area contributed by atoms with Gasteiger partial charge in [-0.05, 0) is 38.5 Å². The van der Waals surface area contributed by atoms with Gasteiger partial charge in [0.2, 0.25) is 0 Å². The molecule has 0 amide bonds. The number of esters is 1. The van der Waals surface area contributed by atoms with Crippen LogP contribution < -0.4 is 0 Å². The van der Waals surface area contributed by atoms with Crippen LogP contribution in [0.5, 0.6) is 0 Å². The van der Waals surface area contributed by atoms with Crippen LogP contribution in [-0.4, -0.2) is 12.6 Å². The van der Waals surface area contributed by atoms with E-state index in [1.54, 1.807) is 0 Å². The van der Waals surface area contributed by atoms with Crippen molar-refractivity contribution in [1.29, 1.82) is 0 Å². The second-order valence-electron chi connectivity index (χ2n) is 7.78. The fourth-order valence-corrected chi connectivity index (χ4v) is 3.32. The SMILES string of the molecule is CCCCCCC(C)/C=C\CCCCCCCCCCCC(=O)OCC. The van der Waals surface area contributed by atoms with Gasteiger partial charge in [-0.1, -0.05) is 96.6 Å². The average molecular weight is 367 g/mol. The summed E-state index contributed by atoms with van der Waals surface area (Å²) in [4.78, 5) is 11.2. The smallest absolute Gasteiger partial charge is 0.305 e. The van der Waals surface area contributed by atoms with Crippen molar-refractivity contribution in [2.75, 3.05) is 6.61 Å². The number of unbranched alkanes of at least 4 members (excludes halogenated alkanes) is 12. The van der Waals surface area contributed by atoms with Crippen LogP contribution >= 0.6 is 0 Å². The van der Waals surface area contributed by atoms with E-state index < -0.39 is 0 Å². The van der Waals surface area contributed by atoms with Crippen molar-refractivity contribution in [2.24, 2.45) is 5.92 Å². The molecule has 0 radical (unpaired) electrons. The molecule has 2 nitrogen and oxygen atoms in total. The Morgan fingerprint density at radius 1 is 0.808 bits per heavy atom. The maximum atomic E-state index is 11.2. The van der Waals surface area contributed by atoms with Gasteiger partial charge in [0.1, 0.15) is 0 Å². The average Bonchev–Trinajstić information content (AvgIpc) is 2.63. The lowest BCUT2D eigenvalue weighted by atomic mass is 10.0. The molecule has 1 atom stereocenters. The lowest BCUT2D eigenvalue weighted by Crippen LogP contribution is -2.03. The molecule has 0 aromatic rings. The summed E-state index contributed by atoms with van der Waals surface area (Å²) in [5.41, 5.74) is 0. The third kappa shape index (κ3) is 19.5. The summed E-state index contributed by atoms with van der Waals surface area (Å²) in [6, 6.07) is 0. The van der Waals surface area contributed by atoms with Gasteiger partial charge in [0.15, 0.2) is 0 Å². The molecule has 0 aromatic carbocycles. The van der Waals surface area contributed by atoms with Crippen molar-refractivity contribution in [2.45, 2.75) is 124 Å². The van der Waals surface area contributed by atoms with Crippen molar-refractivity contribution in [1.82, 2.24) is 0 Å². The molecule has 0 heterocycles. The highest BCUT2D eigenvalue weighted by Crippen LogP contribution is 2.14. The van der Waals surface area contributed by atoms with Gasteiger partial charge < -0.3 is 4.74 Å². The van der Waals surface area contributed by atoms with Crippen LogP contribution in [0.3, 0.4) is 0 Å². The minimum atomic E-state index is -0.0348. The summed E-state index contributed by atoms with van der Waals surface area (Å²) in [7, 11) is 0. The Balaban J connectivity index is 3.23. The van der Waals surface area contributed by atoms with E-state index in [0.717, 1.165) is 12.3 Å². The first-order chi connectivity index (χ1) is 12.7. The molecule has 154 valence electrons. The van der Waals surface area contributed by atoms with E-state index in [9.17, 15) is 4.79 Å². The number of allylic oxidation sites excluding steroid dienone is 2. The largest absolute Gasteiger partial charge is 0.466 e. The molecule has 0 bridgehead atoms. The van der Waals surface area contributed by atoms with Crippen molar-refractivity contribution in [3.8, 4) is 0 Å². The minimum Gasteiger partial charge on any atom is -0.466 e. The summed E-state index contributed by atoms with van der Waals surface area (Å²) >= 11 is 0. The van der Waals surface area contributed by atoms with E-state index in [4.69, 9.17) is 4.74 Å². The molecule has 1 unspecified atom stereocenters. The third-order valence-corrected chi connectivity index (χ3v) is 5.03. The van der Waals surface area contributed by atoms with Crippen molar-refractivity contribution in [3.63, 3.8) is 0 Å². The molecule has 0 saturated carbocycles. The van der Waals surface area contributed by atoms with E-state index in [1.807, 2.05) is 6.92 Å². The first-order valence-corrected chi connectivity index (χ1v) is 11.5. The van der Waals surface area contributed by atoms with Gasteiger partial charge in [-0.2, -0.15) is 0 Å². The predicted molar refractivity (Wildman–Crippen MR) is 114 cm³/mol. The molecule has 26 heavy (non-hydrogen) atoms. The van der Waals surface area contributed by atoms with Gasteiger partial charge in [0.25, 0.3) is 0 Å². The molecule has 0 aliphatic carbocycles. The van der Waals surface area contributed by atoms with E-state index in [1.165, 1.54) is 89.9 Å². The van der Waals surface area contributed by atoms with Gasteiger partial charge in [0.05, 0.1) is 6.61 Å². The first kappa shape index (κ1) is 25.2. The molecule has 0 aromatic heterocycles. The van der Waals surface area contributed by atoms with Crippen LogP contribution in [0.15, 0.2) is 12.2 Å². The van der Waals surface area contributed by atoms with Crippen LogP contribution in [0, 0.1) is 5.92 Å². The van der Waals surface area contributed by atoms with Crippen molar-refractivity contribution < 1.29 is 9.53 Å². The van der Waals surface area contributed by atoms with Gasteiger partial charge in [-0.25, -0.2) is 0 Å². The minimum absolute atomic E-state index is 0.0348. The number of hydrogen-bond donors (Lipinski definition) is 0. The van der Waals surface area contributed by atoms with Gasteiger partial charge in [0, 0.05) is 6.42 Å². The Kier molecular flexibility index (Phi) is 19.9. The van der Waals surface area contributed by atoms with E-state index in [0.29, 0.717) is 13.0 Å². The number of carbonyl (C=O) groups is 1. The predicted octanol–water partition coefficient (Wildman–Crippen LogP) is 8.00. The summed E-state index contributed by atoms with van der Waals surface area (Å²) in [5, 5.41) is 0. The Bertz CT molecular complexity index is 322. The van der Waals surface area contributed by atoms with Crippen molar-refractivity contribution >= 4 is 5.97 Å². The number of ether oxygens (including phenoxy) is 1. The highest BCUT2D eigenvalue weighted by atomic mass is 16.5. The standard InChI is InChI=1S/C24H46O2/c1-4-6-7-17-20-23(3)21-18-15-13-11-9-8-10-12-14-16-19-22-24(25)26-5-2/h18,21,23H,4-17,19-20,22H2,1-3H3/b21-18-. The summed E-state index contributed by atoms with van der Waals surface area (Å²) in [5.74, 6) is 0.725. The molecule has 0 saturated heterocycles. The van der Waals surface area contributed by atoms with Crippen LogP contribution in [0.25, 0.3) is 0 Å². The number of rotatable bonds is 19. The molecule has 2 heteroatoms. The van der Waals surface area contributed by atoms with E-state index in [2.05, 4.69) is 26.0 Å². The molecule has 0 spiro atoms. The molecule has 0 aliphatic rings. The zero-order valence-electron chi connectivity index (χ0n) is 18.1.